The maximum Gasteiger partial charge on any atom is 0.192 e. The summed E-state index contributed by atoms with van der Waals surface area (Å²) < 4.78 is 27.6. The molecule has 0 saturated carbocycles. The van der Waals surface area contributed by atoms with Gasteiger partial charge in [-0.15, -0.1) is 0 Å². The van der Waals surface area contributed by atoms with E-state index in [4.69, 9.17) is 11.5 Å². The molecule has 3 rings (SSSR count). The van der Waals surface area contributed by atoms with E-state index >= 15 is 0 Å². The smallest absolute Gasteiger partial charge is 0.192 e. The fourth-order valence-corrected chi connectivity index (χ4v) is 5.86. The van der Waals surface area contributed by atoms with Gasteiger partial charge in [0.05, 0.1) is 4.90 Å². The summed E-state index contributed by atoms with van der Waals surface area (Å²) in [4.78, 5) is 0.214. The zero-order chi connectivity index (χ0) is 24.4. The second-order valence-electron chi connectivity index (χ2n) is 10.0. The van der Waals surface area contributed by atoms with Crippen molar-refractivity contribution in [2.45, 2.75) is 57.6 Å². The molecule has 2 aliphatic rings. The van der Waals surface area contributed by atoms with Gasteiger partial charge in [-0.25, -0.2) is 8.42 Å². The maximum atomic E-state index is 13.8. The van der Waals surface area contributed by atoms with Gasteiger partial charge in [-0.05, 0) is 45.7 Å². The molecule has 5 heteroatoms. The number of allylic oxidation sites excluding steroid dienone is 10. The zero-order valence-electron chi connectivity index (χ0n) is 20.3. The second kappa shape index (κ2) is 9.22. The van der Waals surface area contributed by atoms with Crippen LogP contribution in [0.15, 0.2) is 100 Å². The Bertz CT molecular complexity index is 1140. The fourth-order valence-electron chi connectivity index (χ4n) is 4.22. The molecule has 0 amide bonds. The predicted molar refractivity (Wildman–Crippen MR) is 138 cm³/mol. The molecule has 0 bridgehead atoms. The standard InChI is InChI=1S/C28H36N2O2S/c1-20-6-8-23(9-7-20)33(31,32)26(24(29)18-27(4)14-10-21(2)11-15-27)25(30)19-28(5)16-12-22(3)13-17-28/h6-14,16,18-19,26H,15,17,29-30H2,1-5H3. The molecule has 0 saturated heterocycles. The summed E-state index contributed by atoms with van der Waals surface area (Å²) >= 11 is 0. The molecule has 0 aliphatic heterocycles. The van der Waals surface area contributed by atoms with Gasteiger partial charge in [-0.1, -0.05) is 91.3 Å². The van der Waals surface area contributed by atoms with E-state index in [0.717, 1.165) is 18.4 Å². The summed E-state index contributed by atoms with van der Waals surface area (Å²) in [6, 6.07) is 6.84. The minimum atomic E-state index is -3.86. The van der Waals surface area contributed by atoms with Crippen LogP contribution in [0.25, 0.3) is 0 Å². The van der Waals surface area contributed by atoms with Crippen LogP contribution < -0.4 is 11.5 Å². The highest BCUT2D eigenvalue weighted by molar-refractivity contribution is 7.92. The molecule has 2 aliphatic carbocycles. The normalized spacial score (nSPS) is 27.2. The van der Waals surface area contributed by atoms with Crippen LogP contribution >= 0.6 is 0 Å². The Balaban J connectivity index is 2.09. The molecule has 33 heavy (non-hydrogen) atoms. The molecule has 0 fully saturated rings. The van der Waals surface area contributed by atoms with Crippen molar-refractivity contribution in [2.75, 3.05) is 0 Å². The highest BCUT2D eigenvalue weighted by Crippen LogP contribution is 2.36. The number of benzene rings is 1. The first-order valence-corrected chi connectivity index (χ1v) is 12.9. The predicted octanol–water partition coefficient (Wildman–Crippen LogP) is 5.65. The van der Waals surface area contributed by atoms with Gasteiger partial charge >= 0.3 is 0 Å². The quantitative estimate of drug-likeness (QED) is 0.570. The fraction of sp³-hybridized carbons (Fsp3) is 0.357. The Hall–Kier alpha value is -2.79. The van der Waals surface area contributed by atoms with Crippen LogP contribution in [0.2, 0.25) is 0 Å². The number of sulfone groups is 1. The van der Waals surface area contributed by atoms with Crippen molar-refractivity contribution in [1.82, 2.24) is 0 Å². The summed E-state index contributed by atoms with van der Waals surface area (Å²) in [5.41, 5.74) is 16.2. The molecule has 0 spiro atoms. The average molecular weight is 465 g/mol. The monoisotopic (exact) mass is 464 g/mol. The average Bonchev–Trinajstić information content (AvgIpc) is 2.73. The van der Waals surface area contributed by atoms with Gasteiger partial charge in [-0.2, -0.15) is 0 Å². The lowest BCUT2D eigenvalue weighted by Crippen LogP contribution is -2.35. The number of hydrogen-bond acceptors (Lipinski definition) is 4. The lowest BCUT2D eigenvalue weighted by atomic mass is 9.80. The Morgan fingerprint density at radius 1 is 0.848 bits per heavy atom. The van der Waals surface area contributed by atoms with Crippen molar-refractivity contribution < 1.29 is 8.42 Å². The van der Waals surface area contributed by atoms with Gasteiger partial charge in [-0.3, -0.25) is 0 Å². The van der Waals surface area contributed by atoms with Gasteiger partial charge < -0.3 is 11.5 Å². The lowest BCUT2D eigenvalue weighted by molar-refractivity contribution is 0.539. The molecule has 1 aromatic rings. The highest BCUT2D eigenvalue weighted by Gasteiger charge is 2.35. The van der Waals surface area contributed by atoms with E-state index in [1.165, 1.54) is 11.1 Å². The van der Waals surface area contributed by atoms with Crippen LogP contribution in [0.4, 0.5) is 0 Å². The van der Waals surface area contributed by atoms with Crippen LogP contribution in [0, 0.1) is 17.8 Å². The van der Waals surface area contributed by atoms with Crippen LogP contribution in [0.3, 0.4) is 0 Å². The molecular weight excluding hydrogens is 428 g/mol. The molecule has 2 atom stereocenters. The number of rotatable bonds is 6. The maximum absolute atomic E-state index is 13.8. The Morgan fingerprint density at radius 3 is 1.64 bits per heavy atom. The van der Waals surface area contributed by atoms with E-state index in [9.17, 15) is 8.42 Å². The van der Waals surface area contributed by atoms with Gasteiger partial charge in [0.1, 0.15) is 5.25 Å². The number of hydrogen-bond donors (Lipinski definition) is 2. The summed E-state index contributed by atoms with van der Waals surface area (Å²) in [6.07, 6.45) is 17.7. The molecule has 0 radical (unpaired) electrons. The lowest BCUT2D eigenvalue weighted by Gasteiger charge is -2.29. The summed E-state index contributed by atoms with van der Waals surface area (Å²) in [5.74, 6) is 0. The molecule has 4 N–H and O–H groups in total. The van der Waals surface area contributed by atoms with Crippen LogP contribution in [0.1, 0.15) is 46.1 Å². The largest absolute Gasteiger partial charge is 0.401 e. The van der Waals surface area contributed by atoms with E-state index in [1.807, 2.05) is 58.9 Å². The summed E-state index contributed by atoms with van der Waals surface area (Å²) in [6.45, 7) is 10.1. The third kappa shape index (κ3) is 5.77. The molecule has 4 nitrogen and oxygen atoms in total. The van der Waals surface area contributed by atoms with Crippen molar-refractivity contribution >= 4 is 9.84 Å². The number of aryl methyl sites for hydroxylation is 1. The first kappa shape index (κ1) is 24.8. The Labute approximate surface area is 199 Å². The van der Waals surface area contributed by atoms with E-state index in [-0.39, 0.29) is 27.1 Å². The first-order chi connectivity index (χ1) is 15.3. The molecule has 176 valence electrons. The second-order valence-corrected chi connectivity index (χ2v) is 12.0. The van der Waals surface area contributed by atoms with Crippen LogP contribution in [-0.4, -0.2) is 13.7 Å². The SMILES string of the molecule is CC1=CCC(C)(C=C(N)C(C(N)=CC2(C)C=CC(C)=CC2)S(=O)(=O)c2ccc(C)cc2)C=C1. The Morgan fingerprint density at radius 2 is 1.27 bits per heavy atom. The van der Waals surface area contributed by atoms with E-state index in [0.29, 0.717) is 0 Å². The van der Waals surface area contributed by atoms with Crippen LogP contribution in [0.5, 0.6) is 0 Å². The van der Waals surface area contributed by atoms with E-state index in [1.54, 1.807) is 24.3 Å². The van der Waals surface area contributed by atoms with Crippen molar-refractivity contribution in [3.8, 4) is 0 Å². The minimum Gasteiger partial charge on any atom is -0.401 e. The van der Waals surface area contributed by atoms with Gasteiger partial charge in [0.2, 0.25) is 0 Å². The van der Waals surface area contributed by atoms with Gasteiger partial charge in [0.25, 0.3) is 0 Å². The van der Waals surface area contributed by atoms with E-state index < -0.39 is 15.1 Å². The summed E-state index contributed by atoms with van der Waals surface area (Å²) in [5, 5.41) is -1.14. The summed E-state index contributed by atoms with van der Waals surface area (Å²) in [7, 11) is -3.86. The molecule has 2 unspecified atom stereocenters. The topological polar surface area (TPSA) is 86.2 Å². The van der Waals surface area contributed by atoms with Crippen molar-refractivity contribution in [3.63, 3.8) is 0 Å². The van der Waals surface area contributed by atoms with Crippen molar-refractivity contribution in [2.24, 2.45) is 22.3 Å². The van der Waals surface area contributed by atoms with Gasteiger partial charge in [0.15, 0.2) is 9.84 Å². The highest BCUT2D eigenvalue weighted by atomic mass is 32.2. The Kier molecular flexibility index (Phi) is 6.94. The molecule has 0 aromatic heterocycles. The first-order valence-electron chi connectivity index (χ1n) is 11.3. The zero-order valence-corrected chi connectivity index (χ0v) is 21.1. The number of nitrogens with two attached hydrogens (primary N) is 2. The third-order valence-electron chi connectivity index (χ3n) is 6.44. The van der Waals surface area contributed by atoms with Crippen molar-refractivity contribution in [1.29, 1.82) is 0 Å². The van der Waals surface area contributed by atoms with Crippen molar-refractivity contribution in [3.05, 3.63) is 101 Å². The molecule has 0 heterocycles. The molecule has 1 aromatic carbocycles. The minimum absolute atomic E-state index is 0.214. The molecular formula is C28H36N2O2S. The third-order valence-corrected chi connectivity index (χ3v) is 8.53. The van der Waals surface area contributed by atoms with Crippen LogP contribution in [-0.2, 0) is 9.84 Å². The van der Waals surface area contributed by atoms with Gasteiger partial charge in [0, 0.05) is 22.2 Å². The van der Waals surface area contributed by atoms with E-state index in [2.05, 4.69) is 24.3 Å².